The number of amides is 1. The summed E-state index contributed by atoms with van der Waals surface area (Å²) >= 11 is 12.2. The number of ether oxygens (including phenoxy) is 2. The SMILES string of the molecule is COc1ccc(CN2C(=O)CCc3c(OCC4(N)CCN(c5cc(F)c(-c6ccc(Cl)cc6Cl)cc5F)CC4)ccc(F)c32)cc1. The molecule has 0 spiro atoms. The van der Waals surface area contributed by atoms with Crippen molar-refractivity contribution in [3.05, 3.63) is 105 Å². The molecule has 2 N–H and O–H groups in total. The lowest BCUT2D eigenvalue weighted by Crippen LogP contribution is -2.54. The number of piperidine rings is 1. The summed E-state index contributed by atoms with van der Waals surface area (Å²) in [6.07, 6.45) is 1.46. The summed E-state index contributed by atoms with van der Waals surface area (Å²) in [5.74, 6) is -0.690. The van der Waals surface area contributed by atoms with Crippen molar-refractivity contribution < 1.29 is 27.4 Å². The first-order valence-electron chi connectivity index (χ1n) is 14.9. The highest BCUT2D eigenvalue weighted by atomic mass is 35.5. The lowest BCUT2D eigenvalue weighted by molar-refractivity contribution is -0.119. The topological polar surface area (TPSA) is 68.0 Å². The number of methoxy groups -OCH3 is 1. The predicted octanol–water partition coefficient (Wildman–Crippen LogP) is 7.94. The fraction of sp³-hybridized carbons (Fsp3) is 0.286. The Balaban J connectivity index is 1.14. The zero-order chi connectivity index (χ0) is 32.6. The van der Waals surface area contributed by atoms with Crippen LogP contribution in [0.25, 0.3) is 11.1 Å². The molecule has 0 aromatic heterocycles. The molecule has 4 aromatic rings. The first-order chi connectivity index (χ1) is 22.0. The van der Waals surface area contributed by atoms with Gasteiger partial charge in [0.15, 0.2) is 0 Å². The van der Waals surface area contributed by atoms with Crippen LogP contribution in [0.4, 0.5) is 24.5 Å². The van der Waals surface area contributed by atoms with E-state index in [1.165, 1.54) is 23.1 Å². The Bertz CT molecular complexity index is 1780. The van der Waals surface area contributed by atoms with E-state index in [1.807, 2.05) is 12.1 Å². The van der Waals surface area contributed by atoms with Crippen LogP contribution >= 0.6 is 23.2 Å². The van der Waals surface area contributed by atoms with Crippen LogP contribution in [-0.2, 0) is 17.8 Å². The van der Waals surface area contributed by atoms with Gasteiger partial charge in [0.2, 0.25) is 5.91 Å². The molecule has 0 saturated carbocycles. The highest BCUT2D eigenvalue weighted by Crippen LogP contribution is 2.40. The van der Waals surface area contributed by atoms with Crippen LogP contribution in [0.15, 0.2) is 66.7 Å². The number of anilines is 2. The van der Waals surface area contributed by atoms with E-state index in [1.54, 1.807) is 42.3 Å². The molecule has 0 unspecified atom stereocenters. The third kappa shape index (κ3) is 6.49. The molecule has 4 aromatic carbocycles. The monoisotopic (exact) mass is 669 g/mol. The average molecular weight is 671 g/mol. The van der Waals surface area contributed by atoms with Gasteiger partial charge in [-0.05, 0) is 67.3 Å². The Labute approximate surface area is 275 Å². The van der Waals surface area contributed by atoms with E-state index >= 15 is 13.2 Å². The fourth-order valence-corrected chi connectivity index (χ4v) is 6.59. The molecule has 2 aliphatic rings. The number of rotatable bonds is 8. The van der Waals surface area contributed by atoms with Crippen LogP contribution < -0.4 is 25.0 Å². The molecule has 6 rings (SSSR count). The Morgan fingerprint density at radius 1 is 0.870 bits per heavy atom. The largest absolute Gasteiger partial charge is 0.497 e. The van der Waals surface area contributed by atoms with Gasteiger partial charge in [0, 0.05) is 52.3 Å². The standard InChI is InChI=1S/C35H32Cl2F3N3O3/c1-45-23-5-2-21(3-6-23)19-43-33(44)11-8-25-32(10-9-28(38)34(25)43)46-20-35(41)12-14-42(15-13-35)31-18-29(39)26(17-30(31)40)24-7-4-22(36)16-27(24)37/h2-7,9-10,16-18H,8,11-15,19-20,41H2,1H3. The van der Waals surface area contributed by atoms with Crippen LogP contribution in [0.2, 0.25) is 10.0 Å². The fourth-order valence-electron chi connectivity index (χ4n) is 6.08. The van der Waals surface area contributed by atoms with Crippen molar-refractivity contribution in [3.8, 4) is 22.6 Å². The molecule has 0 atom stereocenters. The lowest BCUT2D eigenvalue weighted by atomic mass is 9.89. The summed E-state index contributed by atoms with van der Waals surface area (Å²) in [5, 5.41) is 0.623. The molecule has 2 aliphatic heterocycles. The summed E-state index contributed by atoms with van der Waals surface area (Å²) in [6, 6.07) is 17.1. The van der Waals surface area contributed by atoms with Gasteiger partial charge in [-0.2, -0.15) is 0 Å². The number of carbonyl (C=O) groups is 1. The van der Waals surface area contributed by atoms with E-state index in [4.69, 9.17) is 38.4 Å². The van der Waals surface area contributed by atoms with E-state index in [2.05, 4.69) is 0 Å². The normalized spacial score (nSPS) is 15.9. The van der Waals surface area contributed by atoms with Crippen molar-refractivity contribution in [1.82, 2.24) is 0 Å². The van der Waals surface area contributed by atoms with Crippen molar-refractivity contribution in [2.24, 2.45) is 5.73 Å². The number of nitrogens with two attached hydrogens (primary N) is 1. The quantitative estimate of drug-likeness (QED) is 0.206. The third-order valence-corrected chi connectivity index (χ3v) is 9.27. The number of hydrogen-bond acceptors (Lipinski definition) is 5. The number of benzene rings is 4. The van der Waals surface area contributed by atoms with Gasteiger partial charge >= 0.3 is 0 Å². The molecule has 1 amide bonds. The average Bonchev–Trinajstić information content (AvgIpc) is 3.04. The van der Waals surface area contributed by atoms with Gasteiger partial charge in [-0.1, -0.05) is 41.4 Å². The number of carbonyl (C=O) groups excluding carboxylic acids is 1. The maximum absolute atomic E-state index is 15.3. The third-order valence-electron chi connectivity index (χ3n) is 8.72. The Morgan fingerprint density at radius 3 is 2.30 bits per heavy atom. The van der Waals surface area contributed by atoms with E-state index in [0.29, 0.717) is 60.0 Å². The smallest absolute Gasteiger partial charge is 0.227 e. The van der Waals surface area contributed by atoms with Crippen molar-refractivity contribution >= 4 is 40.5 Å². The van der Waals surface area contributed by atoms with Crippen LogP contribution in [-0.4, -0.2) is 38.3 Å². The van der Waals surface area contributed by atoms with Crippen LogP contribution in [0.3, 0.4) is 0 Å². The van der Waals surface area contributed by atoms with Crippen LogP contribution in [0.5, 0.6) is 11.5 Å². The molecule has 1 fully saturated rings. The van der Waals surface area contributed by atoms with Crippen molar-refractivity contribution in [2.75, 3.05) is 36.6 Å². The number of nitrogens with zero attached hydrogens (tertiary/aromatic N) is 2. The van der Waals surface area contributed by atoms with Crippen LogP contribution in [0.1, 0.15) is 30.4 Å². The maximum atomic E-state index is 15.3. The van der Waals surface area contributed by atoms with Crippen molar-refractivity contribution in [2.45, 2.75) is 37.8 Å². The molecule has 0 aliphatic carbocycles. The van der Waals surface area contributed by atoms with Crippen molar-refractivity contribution in [1.29, 1.82) is 0 Å². The number of halogens is 5. The van der Waals surface area contributed by atoms with Gasteiger partial charge in [-0.3, -0.25) is 4.79 Å². The molecule has 240 valence electrons. The second kappa shape index (κ2) is 13.1. The van der Waals surface area contributed by atoms with E-state index in [-0.39, 0.29) is 47.4 Å². The van der Waals surface area contributed by atoms with Gasteiger partial charge in [-0.15, -0.1) is 0 Å². The highest BCUT2D eigenvalue weighted by Gasteiger charge is 2.35. The minimum absolute atomic E-state index is 0.0494. The highest BCUT2D eigenvalue weighted by molar-refractivity contribution is 6.36. The van der Waals surface area contributed by atoms with Gasteiger partial charge in [0.05, 0.1) is 30.6 Å². The Kier molecular flexibility index (Phi) is 9.10. The second-order valence-corrected chi connectivity index (χ2v) is 12.6. The van der Waals surface area contributed by atoms with E-state index in [9.17, 15) is 4.79 Å². The summed E-state index contributed by atoms with van der Waals surface area (Å²) in [5.41, 5.74) is 8.18. The summed E-state index contributed by atoms with van der Waals surface area (Å²) in [6.45, 7) is 1.10. The zero-order valence-corrected chi connectivity index (χ0v) is 26.6. The zero-order valence-electron chi connectivity index (χ0n) is 25.1. The molecule has 0 bridgehead atoms. The molecular weight excluding hydrogens is 638 g/mol. The predicted molar refractivity (Wildman–Crippen MR) is 175 cm³/mol. The molecule has 11 heteroatoms. The molecular formula is C35H32Cl2F3N3O3. The van der Waals surface area contributed by atoms with Gasteiger partial charge in [0.25, 0.3) is 0 Å². The Hall–Kier alpha value is -3.92. The van der Waals surface area contributed by atoms with Crippen molar-refractivity contribution in [3.63, 3.8) is 0 Å². The summed E-state index contributed by atoms with van der Waals surface area (Å²) in [7, 11) is 1.57. The van der Waals surface area contributed by atoms with Gasteiger partial charge in [0.1, 0.15) is 35.6 Å². The number of fused-ring (bicyclic) bond motifs is 1. The minimum Gasteiger partial charge on any atom is -0.497 e. The Morgan fingerprint density at radius 2 is 1.61 bits per heavy atom. The number of hydrogen-bond donors (Lipinski definition) is 1. The maximum Gasteiger partial charge on any atom is 0.227 e. The summed E-state index contributed by atoms with van der Waals surface area (Å²) in [4.78, 5) is 16.1. The second-order valence-electron chi connectivity index (χ2n) is 11.7. The molecule has 6 nitrogen and oxygen atoms in total. The lowest BCUT2D eigenvalue weighted by Gasteiger charge is -2.40. The van der Waals surface area contributed by atoms with Gasteiger partial charge in [-0.25, -0.2) is 13.2 Å². The van der Waals surface area contributed by atoms with Crippen LogP contribution in [0, 0.1) is 17.5 Å². The van der Waals surface area contributed by atoms with E-state index < -0.39 is 23.0 Å². The molecule has 0 radical (unpaired) electrons. The van der Waals surface area contributed by atoms with Gasteiger partial charge < -0.3 is 25.0 Å². The molecule has 46 heavy (non-hydrogen) atoms. The first kappa shape index (κ1) is 32.0. The summed E-state index contributed by atoms with van der Waals surface area (Å²) < 4.78 is 57.1. The minimum atomic E-state index is -0.753. The molecule has 2 heterocycles. The first-order valence-corrected chi connectivity index (χ1v) is 15.7. The molecule has 1 saturated heterocycles. The van der Waals surface area contributed by atoms with E-state index in [0.717, 1.165) is 11.6 Å².